The molecule has 3 aromatic carbocycles. The maximum Gasteiger partial charge on any atom is 0.321 e. The van der Waals surface area contributed by atoms with Gasteiger partial charge >= 0.3 is 6.03 Å². The fourth-order valence-corrected chi connectivity index (χ4v) is 4.31. The Kier molecular flexibility index (Phi) is 7.95. The first-order valence-electron chi connectivity index (χ1n) is 11.9. The van der Waals surface area contributed by atoms with Gasteiger partial charge < -0.3 is 20.4 Å². The minimum absolute atomic E-state index is 0.219. The van der Waals surface area contributed by atoms with Gasteiger partial charge in [-0.1, -0.05) is 60.7 Å². The van der Waals surface area contributed by atoms with Crippen LogP contribution in [0.1, 0.15) is 12.5 Å². The number of hydrogen-bond acceptors (Lipinski definition) is 3. The highest BCUT2D eigenvalue weighted by Gasteiger charge is 2.30. The molecule has 1 saturated heterocycles. The molecule has 0 aromatic heterocycles. The van der Waals surface area contributed by atoms with Crippen LogP contribution in [0.15, 0.2) is 78.9 Å². The summed E-state index contributed by atoms with van der Waals surface area (Å²) < 4.78 is 13.2. The maximum atomic E-state index is 13.2. The van der Waals surface area contributed by atoms with Crippen molar-refractivity contribution in [1.29, 1.82) is 0 Å². The van der Waals surface area contributed by atoms with E-state index in [4.69, 9.17) is 0 Å². The zero-order valence-electron chi connectivity index (χ0n) is 20.1. The fourth-order valence-electron chi connectivity index (χ4n) is 4.31. The number of nitrogens with zero attached hydrogens (tertiary/aromatic N) is 2. The van der Waals surface area contributed by atoms with Crippen LogP contribution in [-0.2, 0) is 16.0 Å². The van der Waals surface area contributed by atoms with E-state index >= 15 is 0 Å². The largest absolute Gasteiger partial charge is 0.344 e. The molecule has 7 nitrogen and oxygen atoms in total. The van der Waals surface area contributed by atoms with Gasteiger partial charge in [0.2, 0.25) is 11.8 Å². The highest BCUT2D eigenvalue weighted by atomic mass is 19.1. The lowest BCUT2D eigenvalue weighted by molar-refractivity contribution is -0.137. The van der Waals surface area contributed by atoms with E-state index in [0.29, 0.717) is 26.2 Å². The second kappa shape index (κ2) is 11.5. The normalized spacial score (nSPS) is 14.2. The molecule has 2 N–H and O–H groups in total. The number of nitrogens with one attached hydrogen (secondary N) is 2. The topological polar surface area (TPSA) is 81.8 Å². The summed E-state index contributed by atoms with van der Waals surface area (Å²) in [5, 5.41) is 5.72. The van der Waals surface area contributed by atoms with E-state index in [1.165, 1.54) is 19.1 Å². The zero-order valence-corrected chi connectivity index (χ0v) is 20.1. The Morgan fingerprint density at radius 1 is 0.833 bits per heavy atom. The molecular weight excluding hydrogens is 459 g/mol. The lowest BCUT2D eigenvalue weighted by atomic mass is 10.0. The van der Waals surface area contributed by atoms with Crippen LogP contribution in [0.25, 0.3) is 11.1 Å². The molecule has 8 heteroatoms. The first kappa shape index (κ1) is 24.9. The van der Waals surface area contributed by atoms with Crippen molar-refractivity contribution in [3.8, 4) is 11.1 Å². The molecule has 1 fully saturated rings. The van der Waals surface area contributed by atoms with Gasteiger partial charge in [-0.2, -0.15) is 0 Å². The Labute approximate surface area is 209 Å². The number of halogens is 1. The molecule has 36 heavy (non-hydrogen) atoms. The molecule has 0 bridgehead atoms. The van der Waals surface area contributed by atoms with Crippen LogP contribution >= 0.6 is 0 Å². The number of rotatable bonds is 6. The molecular formula is C28H29FN4O3. The second-order valence-electron chi connectivity index (χ2n) is 8.74. The molecule has 0 radical (unpaired) electrons. The Morgan fingerprint density at radius 3 is 2.11 bits per heavy atom. The van der Waals surface area contributed by atoms with Crippen molar-refractivity contribution in [3.05, 3.63) is 90.2 Å². The summed E-state index contributed by atoms with van der Waals surface area (Å²) in [6.07, 6.45) is 0.260. The lowest BCUT2D eigenvalue weighted by Crippen LogP contribution is -2.56. The first-order chi connectivity index (χ1) is 17.4. The molecule has 4 amide bonds. The Bertz CT molecular complexity index is 1210. The van der Waals surface area contributed by atoms with Crippen LogP contribution in [-0.4, -0.2) is 59.9 Å². The number of anilines is 1. The Hall–Kier alpha value is -4.20. The minimum atomic E-state index is -0.758. The molecule has 0 spiro atoms. The van der Waals surface area contributed by atoms with Crippen LogP contribution in [0.3, 0.4) is 0 Å². The van der Waals surface area contributed by atoms with Crippen LogP contribution in [0, 0.1) is 5.82 Å². The summed E-state index contributed by atoms with van der Waals surface area (Å²) in [7, 11) is 0. The van der Waals surface area contributed by atoms with Gasteiger partial charge in [-0.25, -0.2) is 9.18 Å². The molecule has 0 saturated carbocycles. The van der Waals surface area contributed by atoms with Crippen LogP contribution in [0.5, 0.6) is 0 Å². The predicted molar refractivity (Wildman–Crippen MR) is 137 cm³/mol. The standard InChI is InChI=1S/C28H29FN4O3/c1-20(34)30-26(19-21-11-13-23(29)14-12-21)27(35)32-15-17-33(18-16-32)28(36)31-25-10-6-5-9-24(25)22-7-3-2-4-8-22/h2-14,26H,15-19H2,1H3,(H,30,34)(H,31,36)/t26-/m0/s1. The van der Waals surface area contributed by atoms with Crippen molar-refractivity contribution in [1.82, 2.24) is 15.1 Å². The fraction of sp³-hybridized carbons (Fsp3) is 0.250. The molecule has 1 aliphatic rings. The van der Waals surface area contributed by atoms with E-state index in [2.05, 4.69) is 10.6 Å². The number of carbonyl (C=O) groups excluding carboxylic acids is 3. The highest BCUT2D eigenvalue weighted by molar-refractivity contribution is 5.94. The molecule has 186 valence electrons. The number of hydrogen-bond donors (Lipinski definition) is 2. The summed E-state index contributed by atoms with van der Waals surface area (Å²) in [4.78, 5) is 41.3. The van der Waals surface area contributed by atoms with Gasteiger partial charge in [0, 0.05) is 45.1 Å². The smallest absolute Gasteiger partial charge is 0.321 e. The predicted octanol–water partition coefficient (Wildman–Crippen LogP) is 3.92. The van der Waals surface area contributed by atoms with Gasteiger partial charge in [0.1, 0.15) is 11.9 Å². The van der Waals surface area contributed by atoms with Crippen molar-refractivity contribution in [2.75, 3.05) is 31.5 Å². The molecule has 1 heterocycles. The number of benzene rings is 3. The number of urea groups is 1. The average Bonchev–Trinajstić information content (AvgIpc) is 2.90. The van der Waals surface area contributed by atoms with E-state index < -0.39 is 6.04 Å². The van der Waals surface area contributed by atoms with Gasteiger partial charge in [-0.05, 0) is 29.3 Å². The highest BCUT2D eigenvalue weighted by Crippen LogP contribution is 2.27. The molecule has 1 aliphatic heterocycles. The molecule has 0 aliphatic carbocycles. The quantitative estimate of drug-likeness (QED) is 0.552. The Balaban J connectivity index is 1.37. The SMILES string of the molecule is CC(=O)N[C@@H](Cc1ccc(F)cc1)C(=O)N1CCN(C(=O)Nc2ccccc2-c2ccccc2)CC1. The third kappa shape index (κ3) is 6.27. The summed E-state index contributed by atoms with van der Waals surface area (Å²) in [5.74, 6) is -0.892. The van der Waals surface area contributed by atoms with Crippen molar-refractivity contribution in [2.45, 2.75) is 19.4 Å². The average molecular weight is 489 g/mol. The lowest BCUT2D eigenvalue weighted by Gasteiger charge is -2.36. The molecule has 1 atom stereocenters. The van der Waals surface area contributed by atoms with Crippen molar-refractivity contribution in [3.63, 3.8) is 0 Å². The van der Waals surface area contributed by atoms with E-state index in [-0.39, 0.29) is 30.1 Å². The molecule has 3 aromatic rings. The number of amides is 4. The Morgan fingerprint density at radius 2 is 1.44 bits per heavy atom. The number of para-hydroxylation sites is 1. The van der Waals surface area contributed by atoms with Crippen LogP contribution in [0.4, 0.5) is 14.9 Å². The van der Waals surface area contributed by atoms with Crippen molar-refractivity contribution >= 4 is 23.5 Å². The molecule has 4 rings (SSSR count). The van der Waals surface area contributed by atoms with Gasteiger partial charge in [0.15, 0.2) is 0 Å². The van der Waals surface area contributed by atoms with E-state index in [1.54, 1.807) is 21.9 Å². The summed E-state index contributed by atoms with van der Waals surface area (Å²) in [6, 6.07) is 22.4. The third-order valence-corrected chi connectivity index (χ3v) is 6.16. The van der Waals surface area contributed by atoms with Gasteiger partial charge in [-0.3, -0.25) is 9.59 Å². The van der Waals surface area contributed by atoms with E-state index in [0.717, 1.165) is 22.4 Å². The van der Waals surface area contributed by atoms with Gasteiger partial charge in [0.05, 0.1) is 5.69 Å². The number of carbonyl (C=O) groups is 3. The van der Waals surface area contributed by atoms with E-state index in [9.17, 15) is 18.8 Å². The zero-order chi connectivity index (χ0) is 25.5. The minimum Gasteiger partial charge on any atom is -0.344 e. The first-order valence-corrected chi connectivity index (χ1v) is 11.9. The van der Waals surface area contributed by atoms with E-state index in [1.807, 2.05) is 54.6 Å². The maximum absolute atomic E-state index is 13.2. The monoisotopic (exact) mass is 488 g/mol. The summed E-state index contributed by atoms with van der Waals surface area (Å²) >= 11 is 0. The van der Waals surface area contributed by atoms with Crippen molar-refractivity contribution < 1.29 is 18.8 Å². The van der Waals surface area contributed by atoms with Crippen molar-refractivity contribution in [2.24, 2.45) is 0 Å². The number of piperazine rings is 1. The van der Waals surface area contributed by atoms with Crippen LogP contribution in [0.2, 0.25) is 0 Å². The molecule has 0 unspecified atom stereocenters. The second-order valence-corrected chi connectivity index (χ2v) is 8.74. The third-order valence-electron chi connectivity index (χ3n) is 6.16. The van der Waals surface area contributed by atoms with Crippen LogP contribution < -0.4 is 10.6 Å². The van der Waals surface area contributed by atoms with Gasteiger partial charge in [-0.15, -0.1) is 0 Å². The van der Waals surface area contributed by atoms with Gasteiger partial charge in [0.25, 0.3) is 0 Å². The summed E-state index contributed by atoms with van der Waals surface area (Å²) in [6.45, 7) is 2.81. The summed E-state index contributed by atoms with van der Waals surface area (Å²) in [5.41, 5.74) is 3.41.